The molecular formula is C29H19BrF3N3O5S2. The SMILES string of the molecule is O=C(COc1ccc(Br)cc1C1c2sc(=O)[nH]c2SC2C(=O)N(c3ccccc3)C(=O)C21)Nc1ccccc1C(F)(F)F. The summed E-state index contributed by atoms with van der Waals surface area (Å²) in [5.41, 5.74) is -0.560. The molecule has 8 nitrogen and oxygen atoms in total. The minimum Gasteiger partial charge on any atom is -0.483 e. The van der Waals surface area contributed by atoms with Gasteiger partial charge in [0, 0.05) is 20.8 Å². The molecule has 2 aliphatic rings. The number of benzene rings is 3. The quantitative estimate of drug-likeness (QED) is 0.240. The van der Waals surface area contributed by atoms with E-state index in [9.17, 15) is 32.3 Å². The number of nitrogens with zero attached hydrogens (tertiary/aromatic N) is 1. The monoisotopic (exact) mass is 689 g/mol. The first-order valence-corrected chi connectivity index (χ1v) is 15.2. The highest BCUT2D eigenvalue weighted by molar-refractivity contribution is 9.10. The molecule has 14 heteroatoms. The smallest absolute Gasteiger partial charge is 0.418 e. The Labute approximate surface area is 258 Å². The summed E-state index contributed by atoms with van der Waals surface area (Å²) in [5, 5.41) is 1.86. The molecule has 0 bridgehead atoms. The summed E-state index contributed by atoms with van der Waals surface area (Å²) in [4.78, 5) is 56.8. The Morgan fingerprint density at radius 1 is 1.00 bits per heavy atom. The average molecular weight is 691 g/mol. The second-order valence-electron chi connectivity index (χ2n) is 9.66. The van der Waals surface area contributed by atoms with Crippen LogP contribution in [0.25, 0.3) is 0 Å². The van der Waals surface area contributed by atoms with Crippen LogP contribution in [0, 0.1) is 5.92 Å². The van der Waals surface area contributed by atoms with Gasteiger partial charge in [-0.2, -0.15) is 13.2 Å². The predicted octanol–water partition coefficient (Wildman–Crippen LogP) is 6.03. The van der Waals surface area contributed by atoms with Crippen molar-refractivity contribution in [2.24, 2.45) is 5.92 Å². The van der Waals surface area contributed by atoms with Gasteiger partial charge in [0.1, 0.15) is 11.0 Å². The molecule has 0 radical (unpaired) electrons. The summed E-state index contributed by atoms with van der Waals surface area (Å²) < 4.78 is 46.7. The third-order valence-corrected chi connectivity index (χ3v) is 9.90. The van der Waals surface area contributed by atoms with Gasteiger partial charge in [0.25, 0.3) is 5.91 Å². The Balaban J connectivity index is 1.34. The molecule has 3 unspecified atom stereocenters. The topological polar surface area (TPSA) is 109 Å². The Kier molecular flexibility index (Phi) is 7.69. The van der Waals surface area contributed by atoms with Crippen molar-refractivity contribution < 1.29 is 32.3 Å². The van der Waals surface area contributed by atoms with Crippen molar-refractivity contribution in [2.75, 3.05) is 16.8 Å². The van der Waals surface area contributed by atoms with Crippen molar-refractivity contribution in [3.05, 3.63) is 103 Å². The maximum atomic E-state index is 13.9. The van der Waals surface area contributed by atoms with Crippen molar-refractivity contribution >= 4 is 68.1 Å². The minimum absolute atomic E-state index is 0.170. The van der Waals surface area contributed by atoms with Gasteiger partial charge >= 0.3 is 11.0 Å². The third-order valence-electron chi connectivity index (χ3n) is 7.01. The molecule has 43 heavy (non-hydrogen) atoms. The number of halogens is 4. The summed E-state index contributed by atoms with van der Waals surface area (Å²) in [6.45, 7) is -0.643. The number of H-pyrrole nitrogens is 1. The summed E-state index contributed by atoms with van der Waals surface area (Å²) in [7, 11) is 0. The molecule has 4 aromatic rings. The fraction of sp³-hybridized carbons (Fsp3) is 0.172. The summed E-state index contributed by atoms with van der Waals surface area (Å²) in [5.74, 6) is -3.23. The Morgan fingerprint density at radius 3 is 2.47 bits per heavy atom. The highest BCUT2D eigenvalue weighted by Gasteiger charge is 2.56. The largest absolute Gasteiger partial charge is 0.483 e. The lowest BCUT2D eigenvalue weighted by Gasteiger charge is -2.31. The molecule has 6 rings (SSSR count). The lowest BCUT2D eigenvalue weighted by Crippen LogP contribution is -2.32. The third kappa shape index (κ3) is 5.50. The highest BCUT2D eigenvalue weighted by atomic mass is 79.9. The molecule has 2 N–H and O–H groups in total. The van der Waals surface area contributed by atoms with Crippen LogP contribution in [-0.2, 0) is 20.6 Å². The van der Waals surface area contributed by atoms with E-state index >= 15 is 0 Å². The Hall–Kier alpha value is -3.88. The number of carbonyl (C=O) groups excluding carboxylic acids is 3. The van der Waals surface area contributed by atoms with Crippen molar-refractivity contribution in [1.82, 2.24) is 4.98 Å². The highest BCUT2D eigenvalue weighted by Crippen LogP contribution is 2.54. The van der Waals surface area contributed by atoms with E-state index in [4.69, 9.17) is 4.74 Å². The number of aromatic nitrogens is 1. The van der Waals surface area contributed by atoms with Crippen LogP contribution in [0.2, 0.25) is 0 Å². The fourth-order valence-corrected chi connectivity index (χ4v) is 8.13. The normalized spacial score (nSPS) is 19.6. The number of anilines is 2. The standard InChI is InChI=1S/C29H19BrF3N3O5S2/c30-14-10-11-19(41-13-20(37)34-18-9-5-4-8-17(18)29(31,32)33)16(12-14)21-22-24(42-25-23(21)43-28(40)35-25)27(39)36(26(22)38)15-6-2-1-3-7-15/h1-12,21-22,24H,13H2,(H,34,37)(H,35,40). The van der Waals surface area contributed by atoms with Crippen LogP contribution in [0.5, 0.6) is 5.75 Å². The van der Waals surface area contributed by atoms with Crippen LogP contribution in [0.1, 0.15) is 21.9 Å². The lowest BCUT2D eigenvalue weighted by atomic mass is 9.82. The zero-order chi connectivity index (χ0) is 30.5. The molecule has 0 aliphatic carbocycles. The fourth-order valence-electron chi connectivity index (χ4n) is 5.25. The number of ether oxygens (including phenoxy) is 1. The van der Waals surface area contributed by atoms with Gasteiger partial charge < -0.3 is 15.0 Å². The van der Waals surface area contributed by atoms with E-state index < -0.39 is 58.8 Å². The molecule has 220 valence electrons. The van der Waals surface area contributed by atoms with Gasteiger partial charge in [-0.25, -0.2) is 4.90 Å². The van der Waals surface area contributed by atoms with Crippen molar-refractivity contribution in [3.8, 4) is 5.75 Å². The molecule has 3 aromatic carbocycles. The second kappa shape index (κ2) is 11.3. The number of fused-ring (bicyclic) bond motifs is 2. The minimum atomic E-state index is -4.67. The van der Waals surface area contributed by atoms with Crippen LogP contribution >= 0.6 is 39.0 Å². The van der Waals surface area contributed by atoms with Gasteiger partial charge in [-0.3, -0.25) is 19.2 Å². The van der Waals surface area contributed by atoms with Crippen molar-refractivity contribution in [3.63, 3.8) is 0 Å². The van der Waals surface area contributed by atoms with Crippen LogP contribution in [0.3, 0.4) is 0 Å². The van der Waals surface area contributed by atoms with Crippen LogP contribution in [0.15, 0.2) is 87.1 Å². The number of thiazole rings is 1. The van der Waals surface area contributed by atoms with Gasteiger partial charge in [-0.1, -0.05) is 69.4 Å². The van der Waals surface area contributed by atoms with E-state index in [1.54, 1.807) is 48.5 Å². The summed E-state index contributed by atoms with van der Waals surface area (Å²) in [6.07, 6.45) is -4.67. The molecule has 1 fully saturated rings. The Morgan fingerprint density at radius 2 is 1.72 bits per heavy atom. The molecule has 1 aromatic heterocycles. The number of hydrogen-bond donors (Lipinski definition) is 2. The number of amides is 3. The van der Waals surface area contributed by atoms with Gasteiger partial charge in [-0.05, 0) is 42.5 Å². The van der Waals surface area contributed by atoms with Crippen molar-refractivity contribution in [1.29, 1.82) is 0 Å². The molecule has 3 amide bonds. The number of rotatable bonds is 6. The number of para-hydroxylation sites is 2. The van der Waals surface area contributed by atoms with Crippen LogP contribution in [0.4, 0.5) is 24.5 Å². The van der Waals surface area contributed by atoms with E-state index in [0.717, 1.165) is 40.1 Å². The Bertz CT molecular complexity index is 1810. The molecule has 0 spiro atoms. The number of carbonyl (C=O) groups is 3. The number of imide groups is 1. The van der Waals surface area contributed by atoms with Crippen molar-refractivity contribution in [2.45, 2.75) is 22.4 Å². The zero-order valence-electron chi connectivity index (χ0n) is 21.7. The van der Waals surface area contributed by atoms with Crippen LogP contribution in [-0.4, -0.2) is 34.6 Å². The van der Waals surface area contributed by atoms with Gasteiger partial charge in [0.2, 0.25) is 11.8 Å². The first-order valence-electron chi connectivity index (χ1n) is 12.7. The van der Waals surface area contributed by atoms with Gasteiger partial charge in [0.15, 0.2) is 6.61 Å². The first-order chi connectivity index (χ1) is 20.5. The first kappa shape index (κ1) is 29.2. The van der Waals surface area contributed by atoms with E-state index in [-0.39, 0.29) is 10.6 Å². The van der Waals surface area contributed by atoms with E-state index in [1.807, 2.05) is 0 Å². The summed E-state index contributed by atoms with van der Waals surface area (Å²) >= 11 is 5.47. The molecule has 0 saturated carbocycles. The van der Waals surface area contributed by atoms with Gasteiger partial charge in [-0.15, -0.1) is 0 Å². The molecule has 1 saturated heterocycles. The predicted molar refractivity (Wildman–Crippen MR) is 159 cm³/mol. The number of hydrogen-bond acceptors (Lipinski definition) is 7. The number of aromatic amines is 1. The number of alkyl halides is 3. The van der Waals surface area contributed by atoms with Crippen LogP contribution < -0.4 is 19.8 Å². The zero-order valence-corrected chi connectivity index (χ0v) is 24.9. The molecular weight excluding hydrogens is 671 g/mol. The van der Waals surface area contributed by atoms with Gasteiger partial charge in [0.05, 0.1) is 27.9 Å². The van der Waals surface area contributed by atoms with E-state index in [0.29, 0.717) is 25.6 Å². The average Bonchev–Trinajstić information content (AvgIpc) is 3.46. The maximum absolute atomic E-state index is 13.9. The number of nitrogens with one attached hydrogen (secondary N) is 2. The maximum Gasteiger partial charge on any atom is 0.418 e. The van der Waals surface area contributed by atoms with E-state index in [1.165, 1.54) is 12.1 Å². The molecule has 3 atom stereocenters. The molecule has 3 heterocycles. The molecule has 2 aliphatic heterocycles. The number of thioether (sulfide) groups is 1. The second-order valence-corrected chi connectivity index (χ2v) is 12.7. The summed E-state index contributed by atoms with van der Waals surface area (Å²) in [6, 6.07) is 18.0. The lowest BCUT2D eigenvalue weighted by molar-refractivity contribution is -0.137. The van der Waals surface area contributed by atoms with E-state index in [2.05, 4.69) is 26.2 Å².